The molecule has 0 spiro atoms. The van der Waals surface area contributed by atoms with Gasteiger partial charge in [-0.2, -0.15) is 0 Å². The van der Waals surface area contributed by atoms with Crippen LogP contribution in [0.2, 0.25) is 0 Å². The first kappa shape index (κ1) is 67.6. The molecule has 6 heteroatoms. The molecule has 1 amide bonds. The van der Waals surface area contributed by atoms with Gasteiger partial charge in [-0.25, -0.2) is 0 Å². The summed E-state index contributed by atoms with van der Waals surface area (Å²) in [6, 6.07) is -0.543. The van der Waals surface area contributed by atoms with Crippen molar-refractivity contribution in [2.75, 3.05) is 13.2 Å². The lowest BCUT2D eigenvalue weighted by Gasteiger charge is -2.22. The molecule has 0 saturated heterocycles. The first-order valence-corrected chi connectivity index (χ1v) is 31.4. The van der Waals surface area contributed by atoms with Gasteiger partial charge in [0.05, 0.1) is 25.4 Å². The van der Waals surface area contributed by atoms with Crippen LogP contribution in [0.25, 0.3) is 0 Å². The number of rotatable bonds is 59. The Balaban J connectivity index is 3.38. The summed E-state index contributed by atoms with van der Waals surface area (Å²) in [5.41, 5.74) is 0. The van der Waals surface area contributed by atoms with Crippen molar-refractivity contribution >= 4 is 11.9 Å². The molecule has 0 heterocycles. The Morgan fingerprint density at radius 3 is 1.03 bits per heavy atom. The van der Waals surface area contributed by atoms with Crippen molar-refractivity contribution in [1.82, 2.24) is 5.32 Å². The van der Waals surface area contributed by atoms with E-state index in [0.717, 1.165) is 38.5 Å². The van der Waals surface area contributed by atoms with Crippen LogP contribution in [0.4, 0.5) is 0 Å². The third-order valence-electron chi connectivity index (χ3n) is 14.8. The summed E-state index contributed by atoms with van der Waals surface area (Å²) in [6.45, 7) is 4.98. The minimum absolute atomic E-state index is 0.0154. The summed E-state index contributed by atoms with van der Waals surface area (Å²) >= 11 is 0. The Labute approximate surface area is 431 Å². The SMILES string of the molecule is CCCCCCCCCCCCCCCCC(=O)OCCCCCCCCCCCCCC/C=C\CCCCCCCCCCC(=O)NC(CO)C(O)CCCCCCCCCCCCCCCC. The largest absolute Gasteiger partial charge is 0.466 e. The lowest BCUT2D eigenvalue weighted by Crippen LogP contribution is -2.45. The number of aliphatic hydroxyl groups excluding tert-OH is 2. The number of hydrogen-bond donors (Lipinski definition) is 3. The second kappa shape index (κ2) is 59.2. The van der Waals surface area contributed by atoms with E-state index < -0.39 is 12.1 Å². The molecule has 0 aliphatic rings. The highest BCUT2D eigenvalue weighted by Gasteiger charge is 2.20. The molecule has 0 aromatic carbocycles. The molecule has 2 atom stereocenters. The molecule has 0 aromatic heterocycles. The Morgan fingerprint density at radius 2 is 0.681 bits per heavy atom. The number of nitrogens with one attached hydrogen (secondary N) is 1. The molecule has 0 rings (SSSR count). The lowest BCUT2D eigenvalue weighted by atomic mass is 10.0. The number of esters is 1. The summed E-state index contributed by atoms with van der Waals surface area (Å²) in [4.78, 5) is 24.5. The van der Waals surface area contributed by atoms with Crippen LogP contribution in [0, 0.1) is 0 Å². The maximum atomic E-state index is 12.5. The van der Waals surface area contributed by atoms with Crippen LogP contribution in [0.15, 0.2) is 12.2 Å². The molecule has 0 bridgehead atoms. The van der Waals surface area contributed by atoms with Gasteiger partial charge in [0, 0.05) is 12.8 Å². The summed E-state index contributed by atoms with van der Waals surface area (Å²) in [5, 5.41) is 23.3. The van der Waals surface area contributed by atoms with E-state index in [2.05, 4.69) is 31.3 Å². The second-order valence-electron chi connectivity index (χ2n) is 21.7. The number of unbranched alkanes of at least 4 members (excludes halogenated alkanes) is 46. The zero-order valence-corrected chi connectivity index (χ0v) is 46.8. The smallest absolute Gasteiger partial charge is 0.305 e. The van der Waals surface area contributed by atoms with Crippen LogP contribution in [-0.2, 0) is 14.3 Å². The third-order valence-corrected chi connectivity index (χ3v) is 14.8. The molecule has 0 radical (unpaired) electrons. The predicted molar refractivity (Wildman–Crippen MR) is 301 cm³/mol. The third kappa shape index (κ3) is 55.8. The van der Waals surface area contributed by atoms with Gasteiger partial charge in [-0.15, -0.1) is 0 Å². The minimum Gasteiger partial charge on any atom is -0.466 e. The standard InChI is InChI=1S/C63H123NO5/c1-3-5-7-9-11-13-15-17-31-35-39-43-47-51-55-61(66)60(59-65)64-62(67)56-52-48-44-40-36-32-29-27-25-23-21-19-20-22-24-26-28-30-34-38-42-46-50-54-58-69-63(68)57-53-49-45-41-37-33-18-16-14-12-10-8-6-4-2/h21,23,60-61,65-66H,3-20,22,24-59H2,1-2H3,(H,64,67)/b23-21-. The van der Waals surface area contributed by atoms with Crippen LogP contribution in [0.5, 0.6) is 0 Å². The van der Waals surface area contributed by atoms with Crippen molar-refractivity contribution in [1.29, 1.82) is 0 Å². The van der Waals surface area contributed by atoms with Crippen LogP contribution in [0.1, 0.15) is 354 Å². The second-order valence-corrected chi connectivity index (χ2v) is 21.7. The Bertz CT molecular complexity index is 1030. The fourth-order valence-electron chi connectivity index (χ4n) is 9.99. The first-order valence-electron chi connectivity index (χ1n) is 31.4. The Kier molecular flexibility index (Phi) is 58.0. The number of ether oxygens (including phenoxy) is 1. The number of carbonyl (C=O) groups excluding carboxylic acids is 2. The van der Waals surface area contributed by atoms with Crippen molar-refractivity contribution in [2.24, 2.45) is 0 Å². The van der Waals surface area contributed by atoms with Crippen LogP contribution in [-0.4, -0.2) is 47.4 Å². The summed E-state index contributed by atoms with van der Waals surface area (Å²) in [5.74, 6) is -0.0220. The summed E-state index contributed by atoms with van der Waals surface area (Å²) in [6.07, 6.45) is 70.8. The van der Waals surface area contributed by atoms with Gasteiger partial charge >= 0.3 is 5.97 Å². The molecule has 6 nitrogen and oxygen atoms in total. The predicted octanol–water partition coefficient (Wildman–Crippen LogP) is 19.6. The molecule has 0 aliphatic heterocycles. The first-order chi connectivity index (χ1) is 34.0. The van der Waals surface area contributed by atoms with E-state index in [0.29, 0.717) is 25.9 Å². The maximum Gasteiger partial charge on any atom is 0.305 e. The molecule has 69 heavy (non-hydrogen) atoms. The zero-order valence-electron chi connectivity index (χ0n) is 46.8. The van der Waals surface area contributed by atoms with Gasteiger partial charge in [-0.3, -0.25) is 9.59 Å². The highest BCUT2D eigenvalue weighted by atomic mass is 16.5. The lowest BCUT2D eigenvalue weighted by molar-refractivity contribution is -0.143. The van der Waals surface area contributed by atoms with Gasteiger partial charge in [-0.1, -0.05) is 302 Å². The molecular weight excluding hydrogens is 851 g/mol. The fourth-order valence-corrected chi connectivity index (χ4v) is 9.99. The van der Waals surface area contributed by atoms with Crippen molar-refractivity contribution in [2.45, 2.75) is 366 Å². The molecule has 0 aliphatic carbocycles. The number of carbonyl (C=O) groups is 2. The molecule has 410 valence electrons. The molecular formula is C63H123NO5. The quantitative estimate of drug-likeness (QED) is 0.0321. The van der Waals surface area contributed by atoms with Crippen molar-refractivity contribution < 1.29 is 24.5 Å². The van der Waals surface area contributed by atoms with Gasteiger partial charge in [0.15, 0.2) is 0 Å². The van der Waals surface area contributed by atoms with Gasteiger partial charge in [0.2, 0.25) is 5.91 Å². The average Bonchev–Trinajstić information content (AvgIpc) is 3.35. The van der Waals surface area contributed by atoms with E-state index in [4.69, 9.17) is 4.74 Å². The minimum atomic E-state index is -0.666. The highest BCUT2D eigenvalue weighted by Crippen LogP contribution is 2.18. The van der Waals surface area contributed by atoms with Crippen molar-refractivity contribution in [3.8, 4) is 0 Å². The monoisotopic (exact) mass is 974 g/mol. The van der Waals surface area contributed by atoms with Crippen molar-refractivity contribution in [3.63, 3.8) is 0 Å². The van der Waals surface area contributed by atoms with Crippen LogP contribution >= 0.6 is 0 Å². The van der Waals surface area contributed by atoms with Gasteiger partial charge < -0.3 is 20.3 Å². The number of amides is 1. The Hall–Kier alpha value is -1.40. The molecule has 2 unspecified atom stereocenters. The van der Waals surface area contributed by atoms with E-state index in [1.807, 2.05) is 0 Å². The van der Waals surface area contributed by atoms with Gasteiger partial charge in [-0.05, 0) is 51.4 Å². The number of hydrogen-bond acceptors (Lipinski definition) is 5. The van der Waals surface area contributed by atoms with Crippen LogP contribution < -0.4 is 5.32 Å². The van der Waals surface area contributed by atoms with E-state index in [-0.39, 0.29) is 18.5 Å². The topological polar surface area (TPSA) is 95.9 Å². The molecule has 3 N–H and O–H groups in total. The maximum absolute atomic E-state index is 12.5. The summed E-state index contributed by atoms with van der Waals surface area (Å²) in [7, 11) is 0. The normalized spacial score (nSPS) is 12.6. The Morgan fingerprint density at radius 1 is 0.391 bits per heavy atom. The summed E-state index contributed by atoms with van der Waals surface area (Å²) < 4.78 is 5.49. The van der Waals surface area contributed by atoms with E-state index >= 15 is 0 Å². The van der Waals surface area contributed by atoms with E-state index in [1.165, 1.54) is 283 Å². The zero-order chi connectivity index (χ0) is 50.0. The van der Waals surface area contributed by atoms with Crippen molar-refractivity contribution in [3.05, 3.63) is 12.2 Å². The van der Waals surface area contributed by atoms with E-state index in [9.17, 15) is 19.8 Å². The van der Waals surface area contributed by atoms with Gasteiger partial charge in [0.25, 0.3) is 0 Å². The number of allylic oxidation sites excluding steroid dienone is 2. The fraction of sp³-hybridized carbons (Fsp3) is 0.937. The highest BCUT2D eigenvalue weighted by molar-refractivity contribution is 5.76. The number of aliphatic hydroxyl groups is 2. The average molecular weight is 975 g/mol. The molecule has 0 fully saturated rings. The van der Waals surface area contributed by atoms with E-state index in [1.54, 1.807) is 0 Å². The van der Waals surface area contributed by atoms with Crippen LogP contribution in [0.3, 0.4) is 0 Å². The van der Waals surface area contributed by atoms with Gasteiger partial charge in [0.1, 0.15) is 0 Å². The molecule has 0 saturated carbocycles. The molecule has 0 aromatic rings.